The quantitative estimate of drug-likeness (QED) is 0.509. The van der Waals surface area contributed by atoms with E-state index in [9.17, 15) is 4.79 Å². The number of aromatic nitrogens is 5. The average molecular weight is 377 g/mol. The summed E-state index contributed by atoms with van der Waals surface area (Å²) in [6, 6.07) is 13.5. The maximum Gasteiger partial charge on any atom is 0.258 e. The molecule has 136 valence electrons. The summed E-state index contributed by atoms with van der Waals surface area (Å²) in [7, 11) is 0. The maximum absolute atomic E-state index is 12.4. The summed E-state index contributed by atoms with van der Waals surface area (Å²) in [5.41, 5.74) is 4.54. The molecule has 0 N–H and O–H groups in total. The molecule has 0 aliphatic heterocycles. The molecule has 0 saturated carbocycles. The number of aryl methyl sites for hydroxylation is 3. The molecule has 3 aromatic heterocycles. The molecule has 27 heavy (non-hydrogen) atoms. The van der Waals surface area contributed by atoms with E-state index >= 15 is 0 Å². The van der Waals surface area contributed by atoms with Crippen LogP contribution in [0.1, 0.15) is 22.6 Å². The Bertz CT molecular complexity index is 1190. The van der Waals surface area contributed by atoms with Gasteiger partial charge in [-0.15, -0.1) is 10.2 Å². The molecule has 0 atom stereocenters. The number of hydrogen-bond donors (Lipinski definition) is 0. The zero-order valence-electron chi connectivity index (χ0n) is 15.4. The van der Waals surface area contributed by atoms with E-state index in [1.54, 1.807) is 16.7 Å². The number of hydrogen-bond acceptors (Lipinski definition) is 5. The Kier molecular flexibility index (Phi) is 4.53. The monoisotopic (exact) mass is 377 g/mol. The fraction of sp³-hybridized carbons (Fsp3) is 0.200. The molecule has 7 heteroatoms. The summed E-state index contributed by atoms with van der Waals surface area (Å²) < 4.78 is 3.61. The minimum atomic E-state index is -0.0733. The van der Waals surface area contributed by atoms with Crippen molar-refractivity contribution in [3.63, 3.8) is 0 Å². The third kappa shape index (κ3) is 3.26. The number of benzene rings is 1. The van der Waals surface area contributed by atoms with Crippen molar-refractivity contribution in [3.05, 3.63) is 81.7 Å². The number of thioether (sulfide) groups is 1. The van der Waals surface area contributed by atoms with Gasteiger partial charge in [-0.3, -0.25) is 13.8 Å². The number of para-hydroxylation sites is 1. The van der Waals surface area contributed by atoms with E-state index in [4.69, 9.17) is 0 Å². The zero-order chi connectivity index (χ0) is 19.0. The van der Waals surface area contributed by atoms with E-state index in [-0.39, 0.29) is 5.56 Å². The number of rotatable bonds is 4. The first-order valence-electron chi connectivity index (χ1n) is 8.63. The fourth-order valence-electron chi connectivity index (χ4n) is 3.05. The lowest BCUT2D eigenvalue weighted by Gasteiger charge is -2.11. The summed E-state index contributed by atoms with van der Waals surface area (Å²) in [5, 5.41) is 9.33. The summed E-state index contributed by atoms with van der Waals surface area (Å²) >= 11 is 1.53. The molecule has 0 unspecified atom stereocenters. The van der Waals surface area contributed by atoms with Gasteiger partial charge in [-0.05, 0) is 44.0 Å². The molecule has 0 amide bonds. The molecular weight excluding hydrogens is 358 g/mol. The van der Waals surface area contributed by atoms with Crippen LogP contribution in [0.4, 0.5) is 0 Å². The molecule has 0 fully saturated rings. The van der Waals surface area contributed by atoms with Crippen LogP contribution in [0.2, 0.25) is 0 Å². The summed E-state index contributed by atoms with van der Waals surface area (Å²) in [5.74, 6) is 1.37. The van der Waals surface area contributed by atoms with Crippen LogP contribution in [0.15, 0.2) is 58.6 Å². The first-order valence-corrected chi connectivity index (χ1v) is 9.62. The van der Waals surface area contributed by atoms with Crippen LogP contribution < -0.4 is 5.56 Å². The van der Waals surface area contributed by atoms with Gasteiger partial charge in [0.15, 0.2) is 5.16 Å². The van der Waals surface area contributed by atoms with Crippen molar-refractivity contribution in [2.45, 2.75) is 31.7 Å². The largest absolute Gasteiger partial charge is 0.274 e. The van der Waals surface area contributed by atoms with E-state index in [1.807, 2.05) is 42.7 Å². The molecule has 0 saturated heterocycles. The maximum atomic E-state index is 12.4. The Morgan fingerprint density at radius 1 is 1.00 bits per heavy atom. The first kappa shape index (κ1) is 17.5. The van der Waals surface area contributed by atoms with Gasteiger partial charge in [0.05, 0.1) is 11.4 Å². The van der Waals surface area contributed by atoms with E-state index < -0.39 is 0 Å². The molecule has 4 rings (SSSR count). The third-order valence-electron chi connectivity index (χ3n) is 4.44. The van der Waals surface area contributed by atoms with Crippen LogP contribution in [0.5, 0.6) is 0 Å². The Hall–Kier alpha value is -2.93. The predicted molar refractivity (Wildman–Crippen MR) is 107 cm³/mol. The second-order valence-electron chi connectivity index (χ2n) is 6.41. The molecule has 4 aromatic rings. The van der Waals surface area contributed by atoms with Crippen molar-refractivity contribution in [2.75, 3.05) is 0 Å². The summed E-state index contributed by atoms with van der Waals surface area (Å²) in [4.78, 5) is 17.0. The Morgan fingerprint density at radius 3 is 2.59 bits per heavy atom. The standard InChI is InChI=1S/C20H19N5OS/c1-13-7-4-5-9-17(13)25-15(3)22-23-20(25)27-12-16-11-18(26)24-10-6-8-14(2)19(24)21-16/h4-11H,12H2,1-3H3. The molecule has 1 aromatic carbocycles. The Morgan fingerprint density at radius 2 is 1.78 bits per heavy atom. The second-order valence-corrected chi connectivity index (χ2v) is 7.35. The topological polar surface area (TPSA) is 65.1 Å². The van der Waals surface area contributed by atoms with Gasteiger partial charge in [-0.1, -0.05) is 36.0 Å². The lowest BCUT2D eigenvalue weighted by Crippen LogP contribution is -2.15. The molecule has 0 spiro atoms. The van der Waals surface area contributed by atoms with Crippen LogP contribution in [0.3, 0.4) is 0 Å². The highest BCUT2D eigenvalue weighted by molar-refractivity contribution is 7.98. The molecule has 3 heterocycles. The first-order chi connectivity index (χ1) is 13.0. The normalized spacial score (nSPS) is 11.2. The fourth-order valence-corrected chi connectivity index (χ4v) is 3.93. The van der Waals surface area contributed by atoms with Crippen LogP contribution in [-0.2, 0) is 5.75 Å². The van der Waals surface area contributed by atoms with Gasteiger partial charge >= 0.3 is 0 Å². The lowest BCUT2D eigenvalue weighted by molar-refractivity contribution is 0.861. The van der Waals surface area contributed by atoms with Crippen molar-refractivity contribution in [3.8, 4) is 5.69 Å². The van der Waals surface area contributed by atoms with Gasteiger partial charge in [-0.2, -0.15) is 0 Å². The van der Waals surface area contributed by atoms with Crippen LogP contribution in [-0.4, -0.2) is 24.1 Å². The molecule has 0 bridgehead atoms. The van der Waals surface area contributed by atoms with Gasteiger partial charge in [0.1, 0.15) is 11.5 Å². The average Bonchev–Trinajstić information content (AvgIpc) is 3.02. The Balaban J connectivity index is 1.68. The van der Waals surface area contributed by atoms with E-state index in [1.165, 1.54) is 11.8 Å². The minimum absolute atomic E-state index is 0.0733. The third-order valence-corrected chi connectivity index (χ3v) is 5.40. The molecule has 0 radical (unpaired) electrons. The van der Waals surface area contributed by atoms with Crippen LogP contribution in [0, 0.1) is 20.8 Å². The highest BCUT2D eigenvalue weighted by Gasteiger charge is 2.14. The van der Waals surface area contributed by atoms with Gasteiger partial charge in [0.25, 0.3) is 5.56 Å². The van der Waals surface area contributed by atoms with Crippen molar-refractivity contribution >= 4 is 17.4 Å². The van der Waals surface area contributed by atoms with Crippen LogP contribution in [0.25, 0.3) is 11.3 Å². The van der Waals surface area contributed by atoms with Gasteiger partial charge < -0.3 is 0 Å². The molecular formula is C20H19N5OS. The second kappa shape index (κ2) is 7.00. The van der Waals surface area contributed by atoms with E-state index in [0.717, 1.165) is 33.5 Å². The van der Waals surface area contributed by atoms with Crippen molar-refractivity contribution in [1.29, 1.82) is 0 Å². The van der Waals surface area contributed by atoms with Crippen molar-refractivity contribution in [1.82, 2.24) is 24.1 Å². The van der Waals surface area contributed by atoms with Gasteiger partial charge in [0.2, 0.25) is 0 Å². The summed E-state index contributed by atoms with van der Waals surface area (Å²) in [6.45, 7) is 5.96. The molecule has 6 nitrogen and oxygen atoms in total. The minimum Gasteiger partial charge on any atom is -0.274 e. The van der Waals surface area contributed by atoms with Crippen molar-refractivity contribution in [2.24, 2.45) is 0 Å². The molecule has 0 aliphatic rings. The predicted octanol–water partition coefficient (Wildman–Crippen LogP) is 3.49. The summed E-state index contributed by atoms with van der Waals surface area (Å²) in [6.07, 6.45) is 1.74. The van der Waals surface area contributed by atoms with Gasteiger partial charge in [-0.25, -0.2) is 4.98 Å². The Labute approximate surface area is 160 Å². The molecule has 0 aliphatic carbocycles. The van der Waals surface area contributed by atoms with E-state index in [2.05, 4.69) is 34.2 Å². The highest BCUT2D eigenvalue weighted by Crippen LogP contribution is 2.26. The number of nitrogens with zero attached hydrogens (tertiary/aromatic N) is 5. The number of pyridine rings is 1. The van der Waals surface area contributed by atoms with Crippen molar-refractivity contribution < 1.29 is 0 Å². The van der Waals surface area contributed by atoms with E-state index in [0.29, 0.717) is 11.4 Å². The van der Waals surface area contributed by atoms with Gasteiger partial charge in [0, 0.05) is 18.0 Å². The van der Waals surface area contributed by atoms with Crippen LogP contribution >= 0.6 is 11.8 Å². The SMILES string of the molecule is Cc1ccccc1-n1c(C)nnc1SCc1cc(=O)n2cccc(C)c2n1. The highest BCUT2D eigenvalue weighted by atomic mass is 32.2. The smallest absolute Gasteiger partial charge is 0.258 e. The number of fused-ring (bicyclic) bond motifs is 1. The lowest BCUT2D eigenvalue weighted by atomic mass is 10.2. The zero-order valence-corrected chi connectivity index (χ0v) is 16.2.